The van der Waals surface area contributed by atoms with Gasteiger partial charge in [0, 0.05) is 36.1 Å². The third kappa shape index (κ3) is 8.10. The van der Waals surface area contributed by atoms with Crippen molar-refractivity contribution in [3.05, 3.63) is 64.1 Å². The number of hydrogen-bond donors (Lipinski definition) is 2. The van der Waals surface area contributed by atoms with Crippen molar-refractivity contribution in [1.29, 1.82) is 0 Å². The predicted molar refractivity (Wildman–Crippen MR) is 113 cm³/mol. The molecule has 0 aromatic heterocycles. The Balaban J connectivity index is 1.69. The Hall–Kier alpha value is -2.38. The summed E-state index contributed by atoms with van der Waals surface area (Å²) in [4.78, 5) is 26.1. The summed E-state index contributed by atoms with van der Waals surface area (Å²) in [7, 11) is 3.99. The summed E-state index contributed by atoms with van der Waals surface area (Å²) in [5.74, 6) is 0.480. The smallest absolute Gasteiger partial charge is 0.251 e. The molecule has 2 rings (SSSR count). The maximum Gasteiger partial charge on any atom is 0.251 e. The highest BCUT2D eigenvalue weighted by Crippen LogP contribution is 2.13. The number of amides is 2. The van der Waals surface area contributed by atoms with Crippen LogP contribution in [0.25, 0.3) is 0 Å². The molecule has 6 nitrogen and oxygen atoms in total. The van der Waals surface area contributed by atoms with Crippen LogP contribution >= 0.6 is 15.9 Å². The Morgan fingerprint density at radius 2 is 1.82 bits per heavy atom. The number of likely N-dealkylation sites (N-methyl/N-ethyl adjacent to an activating group) is 1. The Kier molecular flexibility index (Phi) is 8.97. The normalized spacial score (nSPS) is 10.6. The number of halogens is 1. The van der Waals surface area contributed by atoms with Crippen LogP contribution in [0.2, 0.25) is 0 Å². The molecule has 0 heterocycles. The fourth-order valence-electron chi connectivity index (χ4n) is 2.37. The van der Waals surface area contributed by atoms with Crippen molar-refractivity contribution >= 4 is 27.7 Å². The van der Waals surface area contributed by atoms with Crippen LogP contribution in [0, 0.1) is 0 Å². The highest BCUT2D eigenvalue weighted by Gasteiger charge is 2.07. The van der Waals surface area contributed by atoms with Gasteiger partial charge in [-0.25, -0.2) is 0 Å². The molecule has 0 aliphatic carbocycles. The van der Waals surface area contributed by atoms with Gasteiger partial charge in [-0.1, -0.05) is 28.1 Å². The fraction of sp³-hybridized carbons (Fsp3) is 0.333. The number of carbonyl (C=O) groups is 2. The van der Waals surface area contributed by atoms with E-state index in [-0.39, 0.29) is 24.8 Å². The lowest BCUT2D eigenvalue weighted by atomic mass is 10.2. The molecule has 2 amide bonds. The molecule has 0 atom stereocenters. The van der Waals surface area contributed by atoms with E-state index in [1.54, 1.807) is 24.3 Å². The lowest BCUT2D eigenvalue weighted by molar-refractivity contribution is -0.121. The second-order valence-corrected chi connectivity index (χ2v) is 7.50. The second-order valence-electron chi connectivity index (χ2n) is 6.59. The summed E-state index contributed by atoms with van der Waals surface area (Å²) in [5.41, 5.74) is 1.53. The van der Waals surface area contributed by atoms with Crippen LogP contribution in [-0.2, 0) is 11.3 Å². The van der Waals surface area contributed by atoms with Crippen molar-refractivity contribution in [1.82, 2.24) is 15.5 Å². The SMILES string of the molecule is CN(C)CCOc1cccc(CNC(=O)CCNC(=O)c2ccc(Br)cc2)c1. The number of rotatable bonds is 10. The highest BCUT2D eigenvalue weighted by molar-refractivity contribution is 9.10. The summed E-state index contributed by atoms with van der Waals surface area (Å²) >= 11 is 3.33. The molecule has 0 aliphatic heterocycles. The molecule has 0 spiro atoms. The first kappa shape index (κ1) is 21.9. The van der Waals surface area contributed by atoms with E-state index >= 15 is 0 Å². The van der Waals surface area contributed by atoms with Crippen LogP contribution in [0.5, 0.6) is 5.75 Å². The molecule has 28 heavy (non-hydrogen) atoms. The molecular formula is C21H26BrN3O3. The summed E-state index contributed by atoms with van der Waals surface area (Å²) in [6.07, 6.45) is 0.224. The molecule has 0 unspecified atom stereocenters. The molecule has 2 N–H and O–H groups in total. The van der Waals surface area contributed by atoms with Crippen LogP contribution in [0.3, 0.4) is 0 Å². The zero-order valence-electron chi connectivity index (χ0n) is 16.2. The molecule has 0 aliphatic rings. The van der Waals surface area contributed by atoms with Crippen molar-refractivity contribution in [3.63, 3.8) is 0 Å². The van der Waals surface area contributed by atoms with Crippen LogP contribution in [0.4, 0.5) is 0 Å². The van der Waals surface area contributed by atoms with E-state index in [4.69, 9.17) is 4.74 Å². The van der Waals surface area contributed by atoms with Gasteiger partial charge in [0.25, 0.3) is 5.91 Å². The van der Waals surface area contributed by atoms with E-state index in [9.17, 15) is 9.59 Å². The van der Waals surface area contributed by atoms with Gasteiger partial charge in [0.2, 0.25) is 5.91 Å². The minimum Gasteiger partial charge on any atom is -0.492 e. The van der Waals surface area contributed by atoms with E-state index in [0.29, 0.717) is 18.7 Å². The second kappa shape index (κ2) is 11.5. The van der Waals surface area contributed by atoms with E-state index in [2.05, 4.69) is 31.5 Å². The van der Waals surface area contributed by atoms with Crippen LogP contribution in [-0.4, -0.2) is 50.5 Å². The van der Waals surface area contributed by atoms with E-state index in [1.165, 1.54) is 0 Å². The first-order chi connectivity index (χ1) is 13.4. The highest BCUT2D eigenvalue weighted by atomic mass is 79.9. The average molecular weight is 448 g/mol. The van der Waals surface area contributed by atoms with Crippen LogP contribution in [0.15, 0.2) is 53.0 Å². The van der Waals surface area contributed by atoms with Crippen LogP contribution < -0.4 is 15.4 Å². The Morgan fingerprint density at radius 1 is 1.07 bits per heavy atom. The third-order valence-corrected chi connectivity index (χ3v) is 4.47. The van der Waals surface area contributed by atoms with Gasteiger partial charge in [0.1, 0.15) is 12.4 Å². The van der Waals surface area contributed by atoms with Crippen molar-refractivity contribution in [2.24, 2.45) is 0 Å². The van der Waals surface area contributed by atoms with Gasteiger partial charge in [0.15, 0.2) is 0 Å². The molecule has 150 valence electrons. The number of carbonyl (C=O) groups excluding carboxylic acids is 2. The Morgan fingerprint density at radius 3 is 2.54 bits per heavy atom. The molecular weight excluding hydrogens is 422 g/mol. The minimum absolute atomic E-state index is 0.116. The zero-order valence-corrected chi connectivity index (χ0v) is 17.8. The van der Waals surface area contributed by atoms with Gasteiger partial charge in [-0.15, -0.1) is 0 Å². The number of ether oxygens (including phenoxy) is 1. The van der Waals surface area contributed by atoms with Crippen molar-refractivity contribution < 1.29 is 14.3 Å². The Labute approximate surface area is 174 Å². The van der Waals surface area contributed by atoms with Gasteiger partial charge in [-0.3, -0.25) is 9.59 Å². The van der Waals surface area contributed by atoms with Gasteiger partial charge >= 0.3 is 0 Å². The third-order valence-electron chi connectivity index (χ3n) is 3.94. The number of benzene rings is 2. The summed E-state index contributed by atoms with van der Waals surface area (Å²) in [6, 6.07) is 14.7. The number of hydrogen-bond acceptors (Lipinski definition) is 4. The van der Waals surface area contributed by atoms with Crippen molar-refractivity contribution in [2.75, 3.05) is 33.8 Å². The van der Waals surface area contributed by atoms with Gasteiger partial charge in [-0.2, -0.15) is 0 Å². The monoisotopic (exact) mass is 447 g/mol. The first-order valence-corrected chi connectivity index (χ1v) is 9.90. The first-order valence-electron chi connectivity index (χ1n) is 9.11. The summed E-state index contributed by atoms with van der Waals surface area (Å²) in [6.45, 7) is 2.16. The molecule has 0 radical (unpaired) electrons. The number of nitrogens with zero attached hydrogens (tertiary/aromatic N) is 1. The van der Waals surface area contributed by atoms with Gasteiger partial charge in [-0.05, 0) is 56.1 Å². The molecule has 0 bridgehead atoms. The fourth-order valence-corrected chi connectivity index (χ4v) is 2.64. The summed E-state index contributed by atoms with van der Waals surface area (Å²) in [5, 5.41) is 5.61. The average Bonchev–Trinajstić information content (AvgIpc) is 2.67. The standard InChI is InChI=1S/C21H26BrN3O3/c1-25(2)12-13-28-19-5-3-4-16(14-19)15-24-20(26)10-11-23-21(27)17-6-8-18(22)9-7-17/h3-9,14H,10-13,15H2,1-2H3,(H,23,27)(H,24,26). The molecule has 2 aromatic carbocycles. The van der Waals surface area contributed by atoms with Crippen molar-refractivity contribution in [3.8, 4) is 5.75 Å². The molecule has 0 fully saturated rings. The molecule has 2 aromatic rings. The molecule has 0 saturated carbocycles. The van der Waals surface area contributed by atoms with E-state index < -0.39 is 0 Å². The lowest BCUT2D eigenvalue weighted by Crippen LogP contribution is -2.30. The largest absolute Gasteiger partial charge is 0.492 e. The van der Waals surface area contributed by atoms with Gasteiger partial charge in [0.05, 0.1) is 0 Å². The van der Waals surface area contributed by atoms with Gasteiger partial charge < -0.3 is 20.3 Å². The maximum atomic E-state index is 12.0. The predicted octanol–water partition coefficient (Wildman–Crippen LogP) is 2.83. The quantitative estimate of drug-likeness (QED) is 0.587. The molecule has 0 saturated heterocycles. The summed E-state index contributed by atoms with van der Waals surface area (Å²) < 4.78 is 6.61. The van der Waals surface area contributed by atoms with E-state index in [0.717, 1.165) is 22.3 Å². The topological polar surface area (TPSA) is 70.7 Å². The maximum absolute atomic E-state index is 12.0. The molecule has 7 heteroatoms. The number of nitrogens with one attached hydrogen (secondary N) is 2. The van der Waals surface area contributed by atoms with E-state index in [1.807, 2.05) is 38.4 Å². The Bertz CT molecular complexity index is 779. The zero-order chi connectivity index (χ0) is 20.4. The lowest BCUT2D eigenvalue weighted by Gasteiger charge is -2.12. The van der Waals surface area contributed by atoms with Crippen LogP contribution in [0.1, 0.15) is 22.3 Å². The minimum atomic E-state index is -0.192. The van der Waals surface area contributed by atoms with Crippen molar-refractivity contribution in [2.45, 2.75) is 13.0 Å².